The number of amides is 1. The van der Waals surface area contributed by atoms with E-state index < -0.39 is 0 Å². The Hall–Kier alpha value is -2.15. The normalized spacial score (nSPS) is 19.5. The van der Waals surface area contributed by atoms with Crippen molar-refractivity contribution in [3.63, 3.8) is 0 Å². The summed E-state index contributed by atoms with van der Waals surface area (Å²) in [7, 11) is 0. The zero-order chi connectivity index (χ0) is 19.0. The molecular formula is C22H24ClN3O2S. The van der Waals surface area contributed by atoms with Crippen LogP contribution in [0.5, 0.6) is 0 Å². The maximum Gasteiger partial charge on any atom is 0.293 e. The highest BCUT2D eigenvalue weighted by molar-refractivity contribution is 7.07. The van der Waals surface area contributed by atoms with Gasteiger partial charge in [0.1, 0.15) is 5.69 Å². The molecule has 1 unspecified atom stereocenters. The van der Waals surface area contributed by atoms with Gasteiger partial charge in [0.15, 0.2) is 0 Å². The number of benzene rings is 1. The van der Waals surface area contributed by atoms with E-state index in [1.54, 1.807) is 17.4 Å². The van der Waals surface area contributed by atoms with Crippen LogP contribution in [0.1, 0.15) is 35.4 Å². The standard InChI is InChI=1S/C22H23N3O2S.ClH/c26-21(19-12-18(24-27-19)17-4-2-1-3-5-17)25(14-16-6-11-28-15-16)20-13-22(20)7-9-23-10-8-22;/h1-6,11-12,15,20,23H,7-10,13-14H2;1H. The lowest BCUT2D eigenvalue weighted by Gasteiger charge is -2.29. The quantitative estimate of drug-likeness (QED) is 0.643. The summed E-state index contributed by atoms with van der Waals surface area (Å²) >= 11 is 1.67. The first-order chi connectivity index (χ1) is 13.8. The molecule has 1 aromatic carbocycles. The Kier molecular flexibility index (Phi) is 5.76. The second kappa shape index (κ2) is 8.30. The van der Waals surface area contributed by atoms with Crippen LogP contribution in [0.2, 0.25) is 0 Å². The topological polar surface area (TPSA) is 58.4 Å². The largest absolute Gasteiger partial charge is 0.350 e. The number of rotatable bonds is 5. The number of halogens is 1. The summed E-state index contributed by atoms with van der Waals surface area (Å²) in [6.45, 7) is 2.71. The van der Waals surface area contributed by atoms with Crippen LogP contribution < -0.4 is 5.32 Å². The second-order valence-corrected chi connectivity index (χ2v) is 8.62. The number of hydrogen-bond donors (Lipinski definition) is 1. The third kappa shape index (κ3) is 3.97. The van der Waals surface area contributed by atoms with Crippen molar-refractivity contribution in [2.75, 3.05) is 13.1 Å². The number of aromatic nitrogens is 1. The number of nitrogens with zero attached hydrogens (tertiary/aromatic N) is 2. The minimum atomic E-state index is -0.0544. The van der Waals surface area contributed by atoms with Gasteiger partial charge in [-0.3, -0.25) is 4.79 Å². The van der Waals surface area contributed by atoms with Crippen molar-refractivity contribution in [2.45, 2.75) is 31.8 Å². The monoisotopic (exact) mass is 429 g/mol. The highest BCUT2D eigenvalue weighted by Crippen LogP contribution is 2.56. The summed E-state index contributed by atoms with van der Waals surface area (Å²) in [5, 5.41) is 11.8. The van der Waals surface area contributed by atoms with Gasteiger partial charge >= 0.3 is 0 Å². The van der Waals surface area contributed by atoms with E-state index in [0.29, 0.717) is 18.0 Å². The number of nitrogens with one attached hydrogen (secondary N) is 1. The van der Waals surface area contributed by atoms with Gasteiger partial charge in [-0.25, -0.2) is 0 Å². The number of piperidine rings is 1. The van der Waals surface area contributed by atoms with Crippen molar-refractivity contribution in [3.8, 4) is 11.3 Å². The van der Waals surface area contributed by atoms with Crippen molar-refractivity contribution < 1.29 is 9.32 Å². The molecule has 1 spiro atoms. The zero-order valence-corrected chi connectivity index (χ0v) is 17.7. The fourth-order valence-electron chi connectivity index (χ4n) is 4.39. The van der Waals surface area contributed by atoms with Gasteiger partial charge in [-0.1, -0.05) is 35.5 Å². The third-order valence-electron chi connectivity index (χ3n) is 6.11. The summed E-state index contributed by atoms with van der Waals surface area (Å²) in [6.07, 6.45) is 3.36. The van der Waals surface area contributed by atoms with Gasteiger partial charge in [-0.15, -0.1) is 12.4 Å². The van der Waals surface area contributed by atoms with E-state index in [1.807, 2.05) is 35.2 Å². The fourth-order valence-corrected chi connectivity index (χ4v) is 5.05. The average molecular weight is 430 g/mol. The Morgan fingerprint density at radius 2 is 2.03 bits per heavy atom. The van der Waals surface area contributed by atoms with Crippen LogP contribution in [0, 0.1) is 5.41 Å². The van der Waals surface area contributed by atoms with Crippen LogP contribution in [0.3, 0.4) is 0 Å². The molecule has 2 fully saturated rings. The summed E-state index contributed by atoms with van der Waals surface area (Å²) in [6, 6.07) is 14.0. The molecule has 0 bridgehead atoms. The van der Waals surface area contributed by atoms with Gasteiger partial charge in [0, 0.05) is 24.2 Å². The molecule has 152 valence electrons. The summed E-state index contributed by atoms with van der Waals surface area (Å²) in [4.78, 5) is 15.4. The summed E-state index contributed by atoms with van der Waals surface area (Å²) in [5.74, 6) is 0.270. The van der Waals surface area contributed by atoms with E-state index >= 15 is 0 Å². The number of carbonyl (C=O) groups is 1. The molecule has 29 heavy (non-hydrogen) atoms. The van der Waals surface area contributed by atoms with Gasteiger partial charge in [0.2, 0.25) is 5.76 Å². The lowest BCUT2D eigenvalue weighted by molar-refractivity contribution is 0.0650. The lowest BCUT2D eigenvalue weighted by Crippen LogP contribution is -2.39. The first-order valence-corrected chi connectivity index (χ1v) is 10.7. The van der Waals surface area contributed by atoms with Gasteiger partial charge in [-0.2, -0.15) is 11.3 Å². The molecule has 5 rings (SSSR count). The van der Waals surface area contributed by atoms with Crippen LogP contribution in [0.25, 0.3) is 11.3 Å². The molecule has 3 aromatic rings. The molecule has 1 aliphatic heterocycles. The van der Waals surface area contributed by atoms with Gasteiger partial charge in [-0.05, 0) is 60.2 Å². The Morgan fingerprint density at radius 3 is 2.76 bits per heavy atom. The minimum Gasteiger partial charge on any atom is -0.350 e. The van der Waals surface area contributed by atoms with E-state index in [0.717, 1.165) is 37.9 Å². The van der Waals surface area contributed by atoms with Crippen LogP contribution in [-0.4, -0.2) is 35.1 Å². The molecule has 3 heterocycles. The Labute approximate surface area is 180 Å². The molecule has 2 aliphatic rings. The first-order valence-electron chi connectivity index (χ1n) is 9.80. The molecule has 1 N–H and O–H groups in total. The Balaban J connectivity index is 0.00000205. The minimum absolute atomic E-state index is 0. The highest BCUT2D eigenvalue weighted by Gasteiger charge is 2.58. The van der Waals surface area contributed by atoms with Crippen molar-refractivity contribution in [3.05, 3.63) is 64.5 Å². The summed E-state index contributed by atoms with van der Waals surface area (Å²) in [5.41, 5.74) is 3.11. The van der Waals surface area contributed by atoms with Gasteiger partial charge < -0.3 is 14.7 Å². The number of thiophene rings is 1. The smallest absolute Gasteiger partial charge is 0.293 e. The molecule has 5 nitrogen and oxygen atoms in total. The maximum absolute atomic E-state index is 13.4. The molecule has 1 atom stereocenters. The molecule has 1 amide bonds. The molecular weight excluding hydrogens is 406 g/mol. The van der Waals surface area contributed by atoms with E-state index in [9.17, 15) is 4.79 Å². The van der Waals surface area contributed by atoms with Crippen LogP contribution in [0.4, 0.5) is 0 Å². The van der Waals surface area contributed by atoms with E-state index in [1.165, 1.54) is 5.56 Å². The van der Waals surface area contributed by atoms with Crippen molar-refractivity contribution >= 4 is 29.7 Å². The molecule has 2 aromatic heterocycles. The predicted molar refractivity (Wildman–Crippen MR) is 116 cm³/mol. The van der Waals surface area contributed by atoms with E-state index in [2.05, 4.69) is 27.3 Å². The maximum atomic E-state index is 13.4. The number of hydrogen-bond acceptors (Lipinski definition) is 5. The van der Waals surface area contributed by atoms with E-state index in [-0.39, 0.29) is 29.8 Å². The molecule has 1 saturated heterocycles. The van der Waals surface area contributed by atoms with Gasteiger partial charge in [0.25, 0.3) is 5.91 Å². The van der Waals surface area contributed by atoms with Crippen molar-refractivity contribution in [1.82, 2.24) is 15.4 Å². The molecule has 7 heteroatoms. The van der Waals surface area contributed by atoms with Crippen LogP contribution in [0.15, 0.2) is 57.7 Å². The lowest BCUT2D eigenvalue weighted by atomic mass is 9.93. The molecule has 1 saturated carbocycles. The average Bonchev–Trinajstić information content (AvgIpc) is 3.16. The Bertz CT molecular complexity index is 952. The van der Waals surface area contributed by atoms with Crippen LogP contribution in [-0.2, 0) is 6.54 Å². The van der Waals surface area contributed by atoms with Crippen LogP contribution >= 0.6 is 23.7 Å². The van der Waals surface area contributed by atoms with E-state index in [4.69, 9.17) is 4.52 Å². The van der Waals surface area contributed by atoms with Crippen molar-refractivity contribution in [1.29, 1.82) is 0 Å². The Morgan fingerprint density at radius 1 is 1.24 bits per heavy atom. The fraction of sp³-hybridized carbons (Fsp3) is 0.364. The zero-order valence-electron chi connectivity index (χ0n) is 16.0. The third-order valence-corrected chi connectivity index (χ3v) is 6.84. The van der Waals surface area contributed by atoms with Gasteiger partial charge in [0.05, 0.1) is 0 Å². The summed E-state index contributed by atoms with van der Waals surface area (Å²) < 4.78 is 5.48. The predicted octanol–water partition coefficient (Wildman–Crippen LogP) is 4.61. The second-order valence-electron chi connectivity index (χ2n) is 7.84. The highest BCUT2D eigenvalue weighted by atomic mass is 35.5. The molecule has 1 aliphatic carbocycles. The van der Waals surface area contributed by atoms with Crippen molar-refractivity contribution in [2.24, 2.45) is 5.41 Å². The first kappa shape index (κ1) is 20.1. The molecule has 0 radical (unpaired) electrons. The number of carbonyl (C=O) groups excluding carboxylic acids is 1. The SMILES string of the molecule is Cl.O=C(c1cc(-c2ccccc2)no1)N(Cc1ccsc1)C1CC12CCNCC2.